The molecule has 0 saturated heterocycles. The normalized spacial score (nSPS) is 28.2. The van der Waals surface area contributed by atoms with Crippen LogP contribution in [0.15, 0.2) is 24.3 Å². The van der Waals surface area contributed by atoms with Crippen LogP contribution >= 0.6 is 0 Å². The van der Waals surface area contributed by atoms with Crippen molar-refractivity contribution < 1.29 is 22.3 Å². The van der Waals surface area contributed by atoms with Gasteiger partial charge in [-0.2, -0.15) is 0 Å². The second-order valence-electron chi connectivity index (χ2n) is 5.24. The lowest BCUT2D eigenvalue weighted by Crippen LogP contribution is -2.33. The van der Waals surface area contributed by atoms with Gasteiger partial charge in [0, 0.05) is 18.7 Å². The molecule has 1 fully saturated rings. The van der Waals surface area contributed by atoms with E-state index in [0.29, 0.717) is 5.56 Å². The number of hydrogen-bond acceptors (Lipinski definition) is 5. The fourth-order valence-corrected chi connectivity index (χ4v) is 4.93. The molecule has 1 aromatic rings. The number of halogens is 1. The summed E-state index contributed by atoms with van der Waals surface area (Å²) in [4.78, 5) is 12.2. The third-order valence-corrected chi connectivity index (χ3v) is 5.56. The number of esters is 1. The lowest BCUT2D eigenvalue weighted by atomic mass is 9.99. The quantitative estimate of drug-likeness (QED) is 0.814. The van der Waals surface area contributed by atoms with Gasteiger partial charge in [-0.25, -0.2) is 12.8 Å². The molecule has 1 aromatic carbocycles. The average Bonchev–Trinajstić information content (AvgIpc) is 3.10. The molecule has 21 heavy (non-hydrogen) atoms. The molecule has 2 rings (SSSR count). The van der Waals surface area contributed by atoms with Crippen LogP contribution in [0.25, 0.3) is 0 Å². The molecule has 116 valence electrons. The van der Waals surface area contributed by atoms with Gasteiger partial charge < -0.3 is 10.5 Å². The van der Waals surface area contributed by atoms with Gasteiger partial charge in [0.1, 0.15) is 11.2 Å². The molecule has 5 nitrogen and oxygen atoms in total. The molecule has 2 N–H and O–H groups in total. The Kier molecular flexibility index (Phi) is 4.08. The number of benzene rings is 1. The van der Waals surface area contributed by atoms with E-state index in [1.807, 2.05) is 0 Å². The minimum atomic E-state index is -3.49. The van der Waals surface area contributed by atoms with Crippen molar-refractivity contribution >= 4 is 15.8 Å². The summed E-state index contributed by atoms with van der Waals surface area (Å²) in [7, 11) is -3.49. The van der Waals surface area contributed by atoms with Crippen LogP contribution < -0.4 is 5.73 Å². The maximum Gasteiger partial charge on any atom is 0.315 e. The van der Waals surface area contributed by atoms with Gasteiger partial charge in [0.05, 0.1) is 11.9 Å². The number of ether oxygens (including phenoxy) is 1. The van der Waals surface area contributed by atoms with E-state index >= 15 is 0 Å². The number of hydrogen-bond donors (Lipinski definition) is 1. The second-order valence-corrected chi connectivity index (χ2v) is 7.41. The number of carbonyl (C=O) groups excluding carboxylic acids is 1. The third kappa shape index (κ3) is 2.55. The number of sulfone groups is 1. The highest BCUT2D eigenvalue weighted by Crippen LogP contribution is 2.62. The van der Waals surface area contributed by atoms with E-state index in [1.165, 1.54) is 24.3 Å². The van der Waals surface area contributed by atoms with E-state index in [9.17, 15) is 17.6 Å². The molecule has 0 unspecified atom stereocenters. The smallest absolute Gasteiger partial charge is 0.315 e. The SMILES string of the molecule is CCOC(=O)[C@@]1(CN)[C@@H](c2ccc(F)cc2)[C@@H]1S(C)(=O)=O. The van der Waals surface area contributed by atoms with Crippen LogP contribution in [0.3, 0.4) is 0 Å². The summed E-state index contributed by atoms with van der Waals surface area (Å²) in [5.41, 5.74) is 5.00. The van der Waals surface area contributed by atoms with Crippen molar-refractivity contribution in [3.8, 4) is 0 Å². The van der Waals surface area contributed by atoms with Crippen molar-refractivity contribution in [1.29, 1.82) is 0 Å². The van der Waals surface area contributed by atoms with Crippen molar-refractivity contribution in [2.45, 2.75) is 18.1 Å². The maximum absolute atomic E-state index is 13.0. The van der Waals surface area contributed by atoms with E-state index in [4.69, 9.17) is 10.5 Å². The Morgan fingerprint density at radius 1 is 1.38 bits per heavy atom. The molecule has 3 atom stereocenters. The van der Waals surface area contributed by atoms with Crippen molar-refractivity contribution in [1.82, 2.24) is 0 Å². The Balaban J connectivity index is 2.47. The predicted octanol–water partition coefficient (Wildman–Crippen LogP) is 0.844. The first-order valence-electron chi connectivity index (χ1n) is 6.60. The number of rotatable bonds is 5. The average molecular weight is 315 g/mol. The minimum Gasteiger partial charge on any atom is -0.465 e. The lowest BCUT2D eigenvalue weighted by Gasteiger charge is -2.14. The van der Waals surface area contributed by atoms with E-state index in [1.54, 1.807) is 6.92 Å². The largest absolute Gasteiger partial charge is 0.465 e. The highest BCUT2D eigenvalue weighted by molar-refractivity contribution is 7.91. The van der Waals surface area contributed by atoms with Gasteiger partial charge in [0.15, 0.2) is 9.84 Å². The molecule has 1 aliphatic carbocycles. The number of nitrogens with two attached hydrogens (primary N) is 1. The van der Waals surface area contributed by atoms with E-state index < -0.39 is 38.2 Å². The summed E-state index contributed by atoms with van der Waals surface area (Å²) in [6, 6.07) is 5.43. The fraction of sp³-hybridized carbons (Fsp3) is 0.500. The zero-order chi connectivity index (χ0) is 15.8. The molecule has 0 aromatic heterocycles. The molecule has 0 aliphatic heterocycles. The Labute approximate surface area is 123 Å². The summed E-state index contributed by atoms with van der Waals surface area (Å²) in [5, 5.41) is -0.931. The monoisotopic (exact) mass is 315 g/mol. The van der Waals surface area contributed by atoms with Gasteiger partial charge in [0.2, 0.25) is 0 Å². The summed E-state index contributed by atoms with van der Waals surface area (Å²) in [5.74, 6) is -1.64. The van der Waals surface area contributed by atoms with Crippen molar-refractivity contribution in [3.63, 3.8) is 0 Å². The summed E-state index contributed by atoms with van der Waals surface area (Å²) in [6.45, 7) is 1.66. The van der Waals surface area contributed by atoms with E-state index in [-0.39, 0.29) is 13.2 Å². The summed E-state index contributed by atoms with van der Waals surface area (Å²) >= 11 is 0. The molecule has 0 bridgehead atoms. The Morgan fingerprint density at radius 2 is 1.95 bits per heavy atom. The van der Waals surface area contributed by atoms with Crippen molar-refractivity contribution in [2.75, 3.05) is 19.4 Å². The maximum atomic E-state index is 13.0. The van der Waals surface area contributed by atoms with Crippen LogP contribution in [-0.2, 0) is 19.4 Å². The molecule has 1 saturated carbocycles. The van der Waals surface area contributed by atoms with Gasteiger partial charge in [0.25, 0.3) is 0 Å². The van der Waals surface area contributed by atoms with Crippen LogP contribution in [0.4, 0.5) is 4.39 Å². The van der Waals surface area contributed by atoms with Crippen LogP contribution in [0.1, 0.15) is 18.4 Å². The summed E-state index contributed by atoms with van der Waals surface area (Å²) < 4.78 is 42.0. The van der Waals surface area contributed by atoms with Gasteiger partial charge in [-0.1, -0.05) is 12.1 Å². The minimum absolute atomic E-state index is 0.133. The molecule has 0 radical (unpaired) electrons. The first kappa shape index (κ1) is 15.9. The second kappa shape index (κ2) is 5.38. The molecule has 0 spiro atoms. The van der Waals surface area contributed by atoms with Crippen LogP contribution in [-0.4, -0.2) is 39.0 Å². The molecule has 7 heteroatoms. The summed E-state index contributed by atoms with van der Waals surface area (Å²) in [6.07, 6.45) is 1.07. The van der Waals surface area contributed by atoms with Crippen LogP contribution in [0.5, 0.6) is 0 Å². The topological polar surface area (TPSA) is 86.5 Å². The van der Waals surface area contributed by atoms with Gasteiger partial charge in [-0.3, -0.25) is 4.79 Å². The molecule has 0 heterocycles. The van der Waals surface area contributed by atoms with Crippen molar-refractivity contribution in [2.24, 2.45) is 11.1 Å². The Bertz CT molecular complexity index is 643. The van der Waals surface area contributed by atoms with Gasteiger partial charge in [-0.15, -0.1) is 0 Å². The first-order chi connectivity index (χ1) is 9.79. The highest BCUT2D eigenvalue weighted by Gasteiger charge is 2.74. The third-order valence-electron chi connectivity index (χ3n) is 3.94. The molecular weight excluding hydrogens is 297 g/mol. The van der Waals surface area contributed by atoms with Gasteiger partial charge in [-0.05, 0) is 24.6 Å². The molecular formula is C14H18FNO4S. The van der Waals surface area contributed by atoms with E-state index in [0.717, 1.165) is 6.26 Å². The predicted molar refractivity (Wildman–Crippen MR) is 75.9 cm³/mol. The van der Waals surface area contributed by atoms with E-state index in [2.05, 4.69) is 0 Å². The zero-order valence-corrected chi connectivity index (χ0v) is 12.7. The molecule has 1 aliphatic rings. The standard InChI is InChI=1S/C14H18FNO4S/c1-3-20-13(17)14(8-16)11(12(14)21(2,18)19)9-4-6-10(15)7-5-9/h4-7,11-12H,3,8,16H2,1-2H3/t11-,12-,14-/m0/s1. The number of carbonyl (C=O) groups is 1. The zero-order valence-electron chi connectivity index (χ0n) is 11.9. The van der Waals surface area contributed by atoms with Gasteiger partial charge >= 0.3 is 5.97 Å². The highest BCUT2D eigenvalue weighted by atomic mass is 32.2. The van der Waals surface area contributed by atoms with Crippen molar-refractivity contribution in [3.05, 3.63) is 35.6 Å². The molecule has 0 amide bonds. The van der Waals surface area contributed by atoms with Crippen LogP contribution in [0.2, 0.25) is 0 Å². The first-order valence-corrected chi connectivity index (χ1v) is 8.56. The Morgan fingerprint density at radius 3 is 2.38 bits per heavy atom. The van der Waals surface area contributed by atoms with Crippen LogP contribution in [0, 0.1) is 11.2 Å². The lowest BCUT2D eigenvalue weighted by molar-refractivity contribution is -0.149. The Hall–Kier alpha value is -1.47. The fourth-order valence-electron chi connectivity index (χ4n) is 3.01.